The third kappa shape index (κ3) is 6.49. The lowest BCUT2D eigenvalue weighted by atomic mass is 10.0. The van der Waals surface area contributed by atoms with Gasteiger partial charge >= 0.3 is 5.97 Å². The molecule has 10 heteroatoms. The first-order chi connectivity index (χ1) is 12.2. The summed E-state index contributed by atoms with van der Waals surface area (Å²) in [7, 11) is 0. The number of aliphatic carboxylic acids is 1. The zero-order valence-electron chi connectivity index (χ0n) is 15.1. The van der Waals surface area contributed by atoms with Gasteiger partial charge in [-0.2, -0.15) is 12.6 Å². The molecule has 0 bridgehead atoms. The fourth-order valence-corrected chi connectivity index (χ4v) is 2.94. The van der Waals surface area contributed by atoms with Crippen LogP contribution in [0.3, 0.4) is 0 Å². The summed E-state index contributed by atoms with van der Waals surface area (Å²) in [6.07, 6.45) is 1.39. The molecule has 1 saturated heterocycles. The predicted octanol–water partition coefficient (Wildman–Crippen LogP) is -1.03. The Morgan fingerprint density at radius 2 is 1.96 bits per heavy atom. The molecule has 148 valence electrons. The van der Waals surface area contributed by atoms with E-state index in [9.17, 15) is 24.3 Å². The predicted molar refractivity (Wildman–Crippen MR) is 98.6 cm³/mol. The van der Waals surface area contributed by atoms with Crippen molar-refractivity contribution in [1.29, 1.82) is 0 Å². The number of carbonyl (C=O) groups excluding carboxylic acids is 3. The zero-order chi connectivity index (χ0) is 19.9. The van der Waals surface area contributed by atoms with Gasteiger partial charge in [-0.1, -0.05) is 13.8 Å². The van der Waals surface area contributed by atoms with Crippen LogP contribution in [0.1, 0.15) is 33.1 Å². The van der Waals surface area contributed by atoms with Crippen LogP contribution in [0.2, 0.25) is 0 Å². The molecule has 5 N–H and O–H groups in total. The van der Waals surface area contributed by atoms with E-state index >= 15 is 0 Å². The Morgan fingerprint density at radius 1 is 1.31 bits per heavy atom. The van der Waals surface area contributed by atoms with E-state index in [-0.39, 0.29) is 18.2 Å². The normalized spacial score (nSPS) is 19.1. The molecule has 0 aromatic heterocycles. The SMILES string of the molecule is CC(C)CC(NC(=O)C1CCCN1C(=O)CNC(=O)C(N)CS)C(=O)O. The van der Waals surface area contributed by atoms with Crippen LogP contribution in [0.15, 0.2) is 0 Å². The molecular weight excluding hydrogens is 360 g/mol. The van der Waals surface area contributed by atoms with Crippen molar-refractivity contribution in [3.63, 3.8) is 0 Å². The molecule has 3 amide bonds. The molecule has 0 radical (unpaired) electrons. The number of carboxylic acid groups (broad SMARTS) is 1. The molecule has 0 aliphatic carbocycles. The van der Waals surface area contributed by atoms with Gasteiger partial charge in [0.05, 0.1) is 12.6 Å². The topological polar surface area (TPSA) is 142 Å². The molecule has 0 spiro atoms. The highest BCUT2D eigenvalue weighted by atomic mass is 32.1. The Labute approximate surface area is 158 Å². The van der Waals surface area contributed by atoms with Gasteiger partial charge in [-0.3, -0.25) is 14.4 Å². The van der Waals surface area contributed by atoms with Crippen molar-refractivity contribution >= 4 is 36.3 Å². The third-order valence-corrected chi connectivity index (χ3v) is 4.54. The highest BCUT2D eigenvalue weighted by Gasteiger charge is 2.36. The van der Waals surface area contributed by atoms with Crippen molar-refractivity contribution in [3.8, 4) is 0 Å². The zero-order valence-corrected chi connectivity index (χ0v) is 16.0. The molecule has 9 nitrogen and oxygen atoms in total. The molecule has 0 aromatic carbocycles. The van der Waals surface area contributed by atoms with Crippen LogP contribution < -0.4 is 16.4 Å². The van der Waals surface area contributed by atoms with Crippen molar-refractivity contribution in [1.82, 2.24) is 15.5 Å². The van der Waals surface area contributed by atoms with E-state index in [1.54, 1.807) is 0 Å². The van der Waals surface area contributed by atoms with Gasteiger partial charge in [0.15, 0.2) is 0 Å². The number of nitrogens with zero attached hydrogens (tertiary/aromatic N) is 1. The van der Waals surface area contributed by atoms with Gasteiger partial charge in [0.2, 0.25) is 17.7 Å². The van der Waals surface area contributed by atoms with E-state index in [4.69, 9.17) is 5.73 Å². The molecule has 1 fully saturated rings. The van der Waals surface area contributed by atoms with Gasteiger partial charge in [0.1, 0.15) is 12.1 Å². The van der Waals surface area contributed by atoms with E-state index < -0.39 is 41.8 Å². The van der Waals surface area contributed by atoms with Gasteiger partial charge in [0.25, 0.3) is 0 Å². The van der Waals surface area contributed by atoms with E-state index in [1.807, 2.05) is 13.8 Å². The quantitative estimate of drug-likeness (QED) is 0.320. The van der Waals surface area contributed by atoms with Gasteiger partial charge in [0, 0.05) is 12.3 Å². The van der Waals surface area contributed by atoms with Gasteiger partial charge < -0.3 is 26.4 Å². The minimum atomic E-state index is -1.10. The molecule has 3 atom stereocenters. The lowest BCUT2D eigenvalue weighted by Crippen LogP contribution is -2.53. The molecule has 3 unspecified atom stereocenters. The monoisotopic (exact) mass is 388 g/mol. The number of rotatable bonds is 9. The first-order valence-electron chi connectivity index (χ1n) is 8.64. The number of nitrogens with two attached hydrogens (primary N) is 1. The summed E-state index contributed by atoms with van der Waals surface area (Å²) in [5, 5.41) is 14.2. The average Bonchev–Trinajstić information content (AvgIpc) is 3.07. The van der Waals surface area contributed by atoms with Crippen LogP contribution in [0.25, 0.3) is 0 Å². The molecule has 1 rings (SSSR count). The van der Waals surface area contributed by atoms with E-state index in [2.05, 4.69) is 23.3 Å². The fourth-order valence-electron chi connectivity index (χ4n) is 2.78. The number of carbonyl (C=O) groups is 4. The van der Waals surface area contributed by atoms with Crippen molar-refractivity contribution in [2.45, 2.75) is 51.2 Å². The maximum absolute atomic E-state index is 12.5. The van der Waals surface area contributed by atoms with Crippen LogP contribution in [0.5, 0.6) is 0 Å². The van der Waals surface area contributed by atoms with Crippen LogP contribution in [-0.4, -0.2) is 70.7 Å². The third-order valence-electron chi connectivity index (χ3n) is 4.14. The molecule has 26 heavy (non-hydrogen) atoms. The van der Waals surface area contributed by atoms with Crippen LogP contribution in [0.4, 0.5) is 0 Å². The van der Waals surface area contributed by atoms with Gasteiger partial charge in [-0.25, -0.2) is 4.79 Å². The van der Waals surface area contributed by atoms with Crippen LogP contribution >= 0.6 is 12.6 Å². The second kappa shape index (κ2) is 10.4. The number of nitrogens with one attached hydrogen (secondary N) is 2. The second-order valence-electron chi connectivity index (χ2n) is 6.78. The Balaban J connectivity index is 2.65. The number of hydrogen-bond acceptors (Lipinski definition) is 6. The summed E-state index contributed by atoms with van der Waals surface area (Å²) >= 11 is 3.92. The Kier molecular flexibility index (Phi) is 8.86. The summed E-state index contributed by atoms with van der Waals surface area (Å²) < 4.78 is 0. The van der Waals surface area contributed by atoms with Crippen LogP contribution in [-0.2, 0) is 19.2 Å². The van der Waals surface area contributed by atoms with Crippen molar-refractivity contribution < 1.29 is 24.3 Å². The number of likely N-dealkylation sites (tertiary alicyclic amines) is 1. The van der Waals surface area contributed by atoms with Crippen molar-refractivity contribution in [2.24, 2.45) is 11.7 Å². The Hall–Kier alpha value is -1.81. The molecule has 1 aliphatic heterocycles. The number of thiol groups is 1. The number of carboxylic acids is 1. The van der Waals surface area contributed by atoms with E-state index in [1.165, 1.54) is 4.90 Å². The maximum atomic E-state index is 12.5. The summed E-state index contributed by atoms with van der Waals surface area (Å²) in [5.74, 6) is -2.22. The summed E-state index contributed by atoms with van der Waals surface area (Å²) in [5.41, 5.74) is 5.52. The highest BCUT2D eigenvalue weighted by Crippen LogP contribution is 2.18. The van der Waals surface area contributed by atoms with Crippen molar-refractivity contribution in [2.75, 3.05) is 18.8 Å². The summed E-state index contributed by atoms with van der Waals surface area (Å²) in [4.78, 5) is 49.1. The number of hydrogen-bond donors (Lipinski definition) is 5. The Morgan fingerprint density at radius 3 is 2.50 bits per heavy atom. The fraction of sp³-hybridized carbons (Fsp3) is 0.750. The first kappa shape index (κ1) is 22.2. The van der Waals surface area contributed by atoms with Crippen molar-refractivity contribution in [3.05, 3.63) is 0 Å². The summed E-state index contributed by atoms with van der Waals surface area (Å²) in [6, 6.07) is -2.53. The molecule has 0 aromatic rings. The Bertz CT molecular complexity index is 543. The minimum Gasteiger partial charge on any atom is -0.480 e. The molecule has 1 heterocycles. The maximum Gasteiger partial charge on any atom is 0.326 e. The standard InChI is InChI=1S/C16H28N4O5S/c1-9(2)6-11(16(24)25)19-15(23)12-4-3-5-20(12)13(21)7-18-14(22)10(17)8-26/h9-12,26H,3-8,17H2,1-2H3,(H,18,22)(H,19,23)(H,24,25). The average molecular weight is 388 g/mol. The number of amides is 3. The largest absolute Gasteiger partial charge is 0.480 e. The lowest BCUT2D eigenvalue weighted by molar-refractivity contribution is -0.144. The lowest BCUT2D eigenvalue weighted by Gasteiger charge is -2.26. The van der Waals surface area contributed by atoms with E-state index in [0.717, 1.165) is 0 Å². The smallest absolute Gasteiger partial charge is 0.326 e. The highest BCUT2D eigenvalue weighted by molar-refractivity contribution is 7.80. The van der Waals surface area contributed by atoms with E-state index in [0.29, 0.717) is 25.8 Å². The molecule has 0 saturated carbocycles. The van der Waals surface area contributed by atoms with Crippen LogP contribution in [0, 0.1) is 5.92 Å². The van der Waals surface area contributed by atoms with Gasteiger partial charge in [-0.15, -0.1) is 0 Å². The second-order valence-corrected chi connectivity index (χ2v) is 7.15. The minimum absolute atomic E-state index is 0.101. The van der Waals surface area contributed by atoms with Gasteiger partial charge in [-0.05, 0) is 25.2 Å². The summed E-state index contributed by atoms with van der Waals surface area (Å²) in [6.45, 7) is 3.85. The first-order valence-corrected chi connectivity index (χ1v) is 9.27. The molecule has 1 aliphatic rings. The molecular formula is C16H28N4O5S.